The average Bonchev–Trinajstić information content (AvgIpc) is 3.33. The number of hydrogen-bond acceptors (Lipinski definition) is 16. The molecule has 10 amide bonds. The van der Waals surface area contributed by atoms with Crippen molar-refractivity contribution >= 4 is 59.1 Å². The molecule has 23 N–H and O–H groups in total. The van der Waals surface area contributed by atoms with Gasteiger partial charge in [0.15, 0.2) is 0 Å². The number of unbranched alkanes of at least 4 members (excludes halogenated alkanes) is 6. The fourth-order valence-corrected chi connectivity index (χ4v) is 7.67. The van der Waals surface area contributed by atoms with E-state index in [1.54, 1.807) is 0 Å². The van der Waals surface area contributed by atoms with E-state index in [1.807, 2.05) is 0 Å². The van der Waals surface area contributed by atoms with Gasteiger partial charge in [-0.2, -0.15) is 0 Å². The molecule has 0 fully saturated rings. The molecule has 0 rings (SSSR count). The van der Waals surface area contributed by atoms with Gasteiger partial charge in [0.2, 0.25) is 59.1 Å². The molecule has 0 aliphatic carbocycles. The molecule has 26 heteroatoms. The molecule has 0 heterocycles. The first-order valence-electron chi connectivity index (χ1n) is 26.9. The zero-order valence-corrected chi connectivity index (χ0v) is 46.6. The Balaban J connectivity index is 6.59. The lowest BCUT2D eigenvalue weighted by atomic mass is 9.98. The van der Waals surface area contributed by atoms with Crippen molar-refractivity contribution in [1.82, 2.24) is 47.9 Å². The van der Waals surface area contributed by atoms with Crippen molar-refractivity contribution in [2.75, 3.05) is 39.3 Å². The minimum absolute atomic E-state index is 0.0782. The van der Waals surface area contributed by atoms with E-state index < -0.39 is 112 Å². The van der Waals surface area contributed by atoms with Crippen molar-refractivity contribution in [1.29, 1.82) is 0 Å². The third-order valence-electron chi connectivity index (χ3n) is 12.6. The Kier molecular flexibility index (Phi) is 34.6. The molecule has 438 valence electrons. The van der Waals surface area contributed by atoms with Crippen LogP contribution in [0.25, 0.3) is 0 Å². The topological polar surface area (TPSA) is 461 Å². The van der Waals surface area contributed by atoms with Gasteiger partial charge in [-0.15, -0.1) is 0 Å². The maximum atomic E-state index is 14.2. The van der Waals surface area contributed by atoms with E-state index in [0.717, 1.165) is 0 Å². The number of primary amides is 1. The highest BCUT2D eigenvalue weighted by atomic mass is 16.2. The Morgan fingerprint density at radius 2 is 0.526 bits per heavy atom. The van der Waals surface area contributed by atoms with Crippen LogP contribution >= 0.6 is 0 Å². The lowest BCUT2D eigenvalue weighted by Crippen LogP contribution is -2.64. The smallest absolute Gasteiger partial charge is 0.245 e. The molecule has 0 aromatic heterocycles. The van der Waals surface area contributed by atoms with Crippen LogP contribution in [0.4, 0.5) is 0 Å². The Bertz CT molecular complexity index is 1850. The minimum atomic E-state index is -1.70. The third-order valence-corrected chi connectivity index (χ3v) is 12.6. The lowest BCUT2D eigenvalue weighted by Gasteiger charge is -2.32. The summed E-state index contributed by atoms with van der Waals surface area (Å²) in [4.78, 5) is 135. The molecule has 0 saturated heterocycles. The summed E-state index contributed by atoms with van der Waals surface area (Å²) >= 11 is 0. The molecule has 0 radical (unpaired) electrons. The SMILES string of the molecule is CC(=O)N[C@H](CCCCN)C(=O)N[C@H](CCCCN)C(=O)NC(C)(C)C(=O)N[C@H](CCCCN)C(=O)N[C@H](CCCCN)C(=O)NC(C)(C)C(=O)N[C@H](CCCCN)C(=O)N[C@H](CCCCN)C(=O)NC(C)(C)C(N)=O. The van der Waals surface area contributed by atoms with Gasteiger partial charge >= 0.3 is 0 Å². The van der Waals surface area contributed by atoms with Crippen LogP contribution in [0.1, 0.15) is 164 Å². The molecule has 0 spiro atoms. The zero-order valence-electron chi connectivity index (χ0n) is 46.6. The molecular formula is C50H98N16O10. The first kappa shape index (κ1) is 70.5. The van der Waals surface area contributed by atoms with Gasteiger partial charge in [0, 0.05) is 6.92 Å². The molecule has 0 aliphatic heterocycles. The quantitative estimate of drug-likeness (QED) is 0.0269. The second kappa shape index (κ2) is 37.3. The number of rotatable bonds is 42. The summed E-state index contributed by atoms with van der Waals surface area (Å²) in [5, 5.41) is 24.2. The monoisotopic (exact) mass is 1080 g/mol. The summed E-state index contributed by atoms with van der Waals surface area (Å²) in [5.41, 5.74) is 35.0. The van der Waals surface area contributed by atoms with E-state index >= 15 is 0 Å². The second-order valence-corrected chi connectivity index (χ2v) is 20.9. The maximum Gasteiger partial charge on any atom is 0.245 e. The van der Waals surface area contributed by atoms with Crippen LogP contribution in [-0.2, 0) is 47.9 Å². The van der Waals surface area contributed by atoms with E-state index in [0.29, 0.717) is 103 Å². The van der Waals surface area contributed by atoms with E-state index in [-0.39, 0.29) is 51.6 Å². The van der Waals surface area contributed by atoms with Crippen LogP contribution in [0.3, 0.4) is 0 Å². The van der Waals surface area contributed by atoms with Gasteiger partial charge in [0.1, 0.15) is 52.9 Å². The van der Waals surface area contributed by atoms with E-state index in [4.69, 9.17) is 40.1 Å². The number of hydrogen-bond donors (Lipinski definition) is 16. The van der Waals surface area contributed by atoms with E-state index in [2.05, 4.69) is 47.9 Å². The van der Waals surface area contributed by atoms with Crippen LogP contribution in [0.2, 0.25) is 0 Å². The summed E-state index contributed by atoms with van der Waals surface area (Å²) in [6, 6.07) is -6.86. The summed E-state index contributed by atoms with van der Waals surface area (Å²) in [7, 11) is 0. The summed E-state index contributed by atoms with van der Waals surface area (Å²) in [6.07, 6.45) is 6.69. The molecule has 26 nitrogen and oxygen atoms in total. The highest BCUT2D eigenvalue weighted by Crippen LogP contribution is 2.14. The number of nitrogens with one attached hydrogen (secondary N) is 9. The standard InChI is InChI=1S/C50H98N16O10/c1-32(67)58-33(20-8-14-26-51)39(68)59-37(24-12-18-30-55)43(72)65-49(4,5)46(75)63-35(22-10-16-28-53)41(70)61-38(25-13-19-31-56)44(73)66-50(6,7)47(76)62-34(21-9-15-27-52)40(69)60-36(23-11-17-29-54)42(71)64-48(2,3)45(57)74/h33-38H,8-31,51-56H2,1-7H3,(H2,57,74)(H,58,67)(H,59,68)(H,60,69)(H,61,70)(H,62,76)(H,63,75)(H,64,71)(H,65,72)(H,66,73)/t33-,34-,35-,36-,37-,38-/m1/s1. The van der Waals surface area contributed by atoms with Crippen LogP contribution in [0.15, 0.2) is 0 Å². The predicted octanol–water partition coefficient (Wildman–Crippen LogP) is -3.14. The summed E-state index contributed by atoms with van der Waals surface area (Å²) in [6.45, 7) is 11.7. The van der Waals surface area contributed by atoms with Crippen LogP contribution in [-0.4, -0.2) is 151 Å². The van der Waals surface area contributed by atoms with Crippen molar-refractivity contribution in [3.05, 3.63) is 0 Å². The van der Waals surface area contributed by atoms with Crippen molar-refractivity contribution < 1.29 is 47.9 Å². The van der Waals surface area contributed by atoms with Crippen molar-refractivity contribution in [3.8, 4) is 0 Å². The lowest BCUT2D eigenvalue weighted by molar-refractivity contribution is -0.138. The fourth-order valence-electron chi connectivity index (χ4n) is 7.67. The second-order valence-electron chi connectivity index (χ2n) is 20.9. The molecule has 0 aromatic carbocycles. The predicted molar refractivity (Wildman–Crippen MR) is 291 cm³/mol. The summed E-state index contributed by atoms with van der Waals surface area (Å²) < 4.78 is 0. The number of nitrogens with two attached hydrogens (primary N) is 7. The highest BCUT2D eigenvalue weighted by molar-refractivity contribution is 6.00. The van der Waals surface area contributed by atoms with Crippen LogP contribution in [0, 0.1) is 0 Å². The Labute approximate surface area is 450 Å². The van der Waals surface area contributed by atoms with Gasteiger partial charge in [0.05, 0.1) is 0 Å². The Hall–Kier alpha value is -5.54. The van der Waals surface area contributed by atoms with Crippen molar-refractivity contribution in [2.45, 2.75) is 217 Å². The number of carbonyl (C=O) groups is 10. The molecule has 76 heavy (non-hydrogen) atoms. The molecule has 0 aromatic rings. The van der Waals surface area contributed by atoms with Crippen LogP contribution < -0.4 is 88.0 Å². The van der Waals surface area contributed by atoms with Gasteiger partial charge in [-0.1, -0.05) is 0 Å². The van der Waals surface area contributed by atoms with Gasteiger partial charge in [-0.25, -0.2) is 0 Å². The molecule has 0 aliphatic rings. The van der Waals surface area contributed by atoms with Crippen LogP contribution in [0.5, 0.6) is 0 Å². The fraction of sp³-hybridized carbons (Fsp3) is 0.800. The van der Waals surface area contributed by atoms with Gasteiger partial charge in [-0.3, -0.25) is 47.9 Å². The van der Waals surface area contributed by atoms with E-state index in [9.17, 15) is 47.9 Å². The van der Waals surface area contributed by atoms with Gasteiger partial charge in [0.25, 0.3) is 0 Å². The molecule has 6 atom stereocenters. The zero-order chi connectivity index (χ0) is 58.1. The largest absolute Gasteiger partial charge is 0.368 e. The number of carbonyl (C=O) groups excluding carboxylic acids is 10. The third kappa shape index (κ3) is 28.0. The Morgan fingerprint density at radius 3 is 0.737 bits per heavy atom. The minimum Gasteiger partial charge on any atom is -0.368 e. The highest BCUT2D eigenvalue weighted by Gasteiger charge is 2.39. The normalized spacial score (nSPS) is 14.1. The van der Waals surface area contributed by atoms with Crippen molar-refractivity contribution in [3.63, 3.8) is 0 Å². The summed E-state index contributed by atoms with van der Waals surface area (Å²) in [5.74, 6) is -6.92. The van der Waals surface area contributed by atoms with E-state index in [1.165, 1.54) is 48.5 Å². The van der Waals surface area contributed by atoms with Crippen molar-refractivity contribution in [2.24, 2.45) is 40.1 Å². The van der Waals surface area contributed by atoms with Gasteiger partial charge < -0.3 is 88.0 Å². The molecule has 0 saturated carbocycles. The average molecular weight is 1080 g/mol. The molecular weight excluding hydrogens is 985 g/mol. The molecule has 0 bridgehead atoms. The maximum absolute atomic E-state index is 14.2. The Morgan fingerprint density at radius 1 is 0.316 bits per heavy atom. The molecule has 0 unspecified atom stereocenters. The first-order chi connectivity index (χ1) is 35.7. The van der Waals surface area contributed by atoms with Gasteiger partial charge in [-0.05, 0) is 196 Å². The first-order valence-corrected chi connectivity index (χ1v) is 26.9. The number of amides is 10.